The number of phenolic OH excluding ortho intramolecular Hbond substituents is 1. The van der Waals surface area contributed by atoms with Crippen molar-refractivity contribution in [2.45, 2.75) is 45.0 Å². The zero-order chi connectivity index (χ0) is 18.7. The summed E-state index contributed by atoms with van der Waals surface area (Å²) in [6.45, 7) is 2.74. The van der Waals surface area contributed by atoms with Crippen molar-refractivity contribution in [2.24, 2.45) is 0 Å². The van der Waals surface area contributed by atoms with E-state index in [-0.39, 0.29) is 24.0 Å². The van der Waals surface area contributed by atoms with Gasteiger partial charge in [-0.3, -0.25) is 4.79 Å². The first-order chi connectivity index (χ1) is 13.1. The third-order valence-corrected chi connectivity index (χ3v) is 5.86. The molecule has 1 atom stereocenters. The van der Waals surface area contributed by atoms with Gasteiger partial charge in [0.15, 0.2) is 0 Å². The van der Waals surface area contributed by atoms with E-state index < -0.39 is 0 Å². The highest BCUT2D eigenvalue weighted by atomic mass is 16.3. The van der Waals surface area contributed by atoms with Gasteiger partial charge in [0.1, 0.15) is 5.75 Å². The van der Waals surface area contributed by atoms with E-state index in [1.54, 1.807) is 6.07 Å². The summed E-state index contributed by atoms with van der Waals surface area (Å²) in [4.78, 5) is 12.6. The standard InChI is InChI=1S/C22H22N2O3/c1-12-17-5-2-13(6-14(17)10-23-12)19-8-20-18(9-21(19)26)15(11-25)7-22(27)24(20)16-3-4-16/h2,5-9,12,16,23,25-26H,3-4,10-11H2,1H3. The van der Waals surface area contributed by atoms with Gasteiger partial charge in [-0.2, -0.15) is 0 Å². The molecule has 2 aliphatic rings. The summed E-state index contributed by atoms with van der Waals surface area (Å²) in [6.07, 6.45) is 1.98. The molecule has 1 aromatic heterocycles. The predicted octanol–water partition coefficient (Wildman–Crippen LogP) is 3.37. The van der Waals surface area contributed by atoms with Crippen molar-refractivity contribution < 1.29 is 10.2 Å². The van der Waals surface area contributed by atoms with Crippen molar-refractivity contribution in [3.05, 3.63) is 63.4 Å². The Bertz CT molecular complexity index is 1130. The zero-order valence-electron chi connectivity index (χ0n) is 15.2. The number of benzene rings is 2. The first-order valence-electron chi connectivity index (χ1n) is 9.45. The van der Waals surface area contributed by atoms with E-state index in [4.69, 9.17) is 0 Å². The van der Waals surface area contributed by atoms with Crippen LogP contribution in [0.2, 0.25) is 0 Å². The summed E-state index contributed by atoms with van der Waals surface area (Å²) in [6, 6.07) is 11.9. The second kappa shape index (κ2) is 5.94. The summed E-state index contributed by atoms with van der Waals surface area (Å²) >= 11 is 0. The third-order valence-electron chi connectivity index (χ3n) is 5.86. The molecule has 3 N–H and O–H groups in total. The second-order valence-corrected chi connectivity index (χ2v) is 7.67. The molecule has 27 heavy (non-hydrogen) atoms. The van der Waals surface area contributed by atoms with Crippen LogP contribution in [0.3, 0.4) is 0 Å². The van der Waals surface area contributed by atoms with Crippen molar-refractivity contribution in [3.63, 3.8) is 0 Å². The van der Waals surface area contributed by atoms with Crippen LogP contribution in [0, 0.1) is 0 Å². The maximum Gasteiger partial charge on any atom is 0.251 e. The number of phenols is 1. The van der Waals surface area contributed by atoms with Gasteiger partial charge in [0.05, 0.1) is 12.1 Å². The highest BCUT2D eigenvalue weighted by Gasteiger charge is 2.27. The number of hydrogen-bond donors (Lipinski definition) is 3. The first-order valence-corrected chi connectivity index (χ1v) is 9.45. The fourth-order valence-electron chi connectivity index (χ4n) is 4.24. The Morgan fingerprint density at radius 1 is 1.19 bits per heavy atom. The summed E-state index contributed by atoms with van der Waals surface area (Å²) in [7, 11) is 0. The lowest BCUT2D eigenvalue weighted by Crippen LogP contribution is -2.19. The molecule has 1 aliphatic carbocycles. The Balaban J connectivity index is 1.75. The van der Waals surface area contributed by atoms with Gasteiger partial charge >= 0.3 is 0 Å². The number of nitrogens with one attached hydrogen (secondary N) is 1. The largest absolute Gasteiger partial charge is 0.507 e. The number of hydrogen-bond acceptors (Lipinski definition) is 4. The molecule has 1 fully saturated rings. The average molecular weight is 362 g/mol. The van der Waals surface area contributed by atoms with Gasteiger partial charge in [-0.05, 0) is 60.2 Å². The molecular weight excluding hydrogens is 340 g/mol. The van der Waals surface area contributed by atoms with Crippen molar-refractivity contribution in [1.82, 2.24) is 9.88 Å². The Morgan fingerprint density at radius 3 is 2.74 bits per heavy atom. The van der Waals surface area contributed by atoms with E-state index in [1.165, 1.54) is 17.2 Å². The van der Waals surface area contributed by atoms with E-state index in [1.807, 2.05) is 16.7 Å². The van der Waals surface area contributed by atoms with Crippen LogP contribution < -0.4 is 10.9 Å². The van der Waals surface area contributed by atoms with Gasteiger partial charge in [-0.15, -0.1) is 0 Å². The molecule has 0 radical (unpaired) electrons. The second-order valence-electron chi connectivity index (χ2n) is 7.67. The van der Waals surface area contributed by atoms with E-state index in [0.29, 0.717) is 17.2 Å². The minimum Gasteiger partial charge on any atom is -0.507 e. The van der Waals surface area contributed by atoms with E-state index in [0.717, 1.165) is 35.9 Å². The molecule has 0 bridgehead atoms. The zero-order valence-corrected chi connectivity index (χ0v) is 15.2. The number of fused-ring (bicyclic) bond motifs is 2. The quantitative estimate of drug-likeness (QED) is 0.668. The maximum atomic E-state index is 12.6. The Morgan fingerprint density at radius 2 is 2.00 bits per heavy atom. The molecule has 0 amide bonds. The van der Waals surface area contributed by atoms with Crippen LogP contribution in [0.25, 0.3) is 22.0 Å². The highest BCUT2D eigenvalue weighted by molar-refractivity contribution is 5.90. The molecule has 5 nitrogen and oxygen atoms in total. The van der Waals surface area contributed by atoms with Crippen LogP contribution in [-0.2, 0) is 13.2 Å². The summed E-state index contributed by atoms with van der Waals surface area (Å²) < 4.78 is 1.81. The van der Waals surface area contributed by atoms with Crippen molar-refractivity contribution in [1.29, 1.82) is 0 Å². The summed E-state index contributed by atoms with van der Waals surface area (Å²) in [5, 5.41) is 24.6. The van der Waals surface area contributed by atoms with Gasteiger partial charge in [-0.25, -0.2) is 0 Å². The molecule has 0 saturated heterocycles. The lowest BCUT2D eigenvalue weighted by molar-refractivity contribution is 0.283. The molecule has 1 saturated carbocycles. The number of aliphatic hydroxyl groups is 1. The van der Waals surface area contributed by atoms with Crippen LogP contribution in [0.15, 0.2) is 41.2 Å². The molecule has 2 heterocycles. The number of rotatable bonds is 3. The molecule has 138 valence electrons. The normalized spacial score (nSPS) is 18.8. The highest BCUT2D eigenvalue weighted by Crippen LogP contribution is 2.40. The lowest BCUT2D eigenvalue weighted by atomic mass is 9.96. The molecular formula is C22H22N2O3. The lowest BCUT2D eigenvalue weighted by Gasteiger charge is -2.15. The van der Waals surface area contributed by atoms with Crippen LogP contribution in [0.5, 0.6) is 5.75 Å². The monoisotopic (exact) mass is 362 g/mol. The Labute approximate surface area is 156 Å². The smallest absolute Gasteiger partial charge is 0.251 e. The maximum absolute atomic E-state index is 12.6. The minimum atomic E-state index is -0.224. The van der Waals surface area contributed by atoms with Gasteiger partial charge < -0.3 is 20.1 Å². The Kier molecular flexibility index (Phi) is 3.64. The van der Waals surface area contributed by atoms with Crippen LogP contribution in [0.4, 0.5) is 0 Å². The van der Waals surface area contributed by atoms with Gasteiger partial charge in [0, 0.05) is 35.6 Å². The topological polar surface area (TPSA) is 74.5 Å². The van der Waals surface area contributed by atoms with Crippen molar-refractivity contribution in [3.8, 4) is 16.9 Å². The van der Waals surface area contributed by atoms with Gasteiger partial charge in [0.25, 0.3) is 5.56 Å². The molecule has 0 spiro atoms. The molecule has 5 rings (SSSR count). The van der Waals surface area contributed by atoms with Crippen LogP contribution in [0.1, 0.15) is 48.5 Å². The fourth-order valence-corrected chi connectivity index (χ4v) is 4.24. The van der Waals surface area contributed by atoms with Crippen molar-refractivity contribution >= 4 is 10.9 Å². The van der Waals surface area contributed by atoms with Gasteiger partial charge in [0.2, 0.25) is 0 Å². The number of pyridine rings is 1. The van der Waals surface area contributed by atoms with E-state index in [9.17, 15) is 15.0 Å². The summed E-state index contributed by atoms with van der Waals surface area (Å²) in [5.41, 5.74) is 5.44. The Hall–Kier alpha value is -2.63. The predicted molar refractivity (Wildman–Crippen MR) is 105 cm³/mol. The fraction of sp³-hybridized carbons (Fsp3) is 0.318. The summed E-state index contributed by atoms with van der Waals surface area (Å²) in [5.74, 6) is 0.164. The van der Waals surface area contributed by atoms with Gasteiger partial charge in [-0.1, -0.05) is 12.1 Å². The molecule has 1 aliphatic heterocycles. The number of nitrogens with zero attached hydrogens (tertiary/aromatic N) is 1. The molecule has 2 aromatic carbocycles. The van der Waals surface area contributed by atoms with Crippen LogP contribution in [-0.4, -0.2) is 14.8 Å². The number of aromatic nitrogens is 1. The third kappa shape index (κ3) is 2.58. The van der Waals surface area contributed by atoms with E-state index in [2.05, 4.69) is 24.4 Å². The molecule has 3 aromatic rings. The minimum absolute atomic E-state index is 0.0855. The number of aliphatic hydroxyl groups excluding tert-OH is 1. The molecule has 5 heteroatoms. The van der Waals surface area contributed by atoms with E-state index >= 15 is 0 Å². The average Bonchev–Trinajstić information content (AvgIpc) is 3.43. The molecule has 1 unspecified atom stereocenters. The number of aromatic hydroxyl groups is 1. The van der Waals surface area contributed by atoms with Crippen LogP contribution >= 0.6 is 0 Å². The SMILES string of the molecule is CC1NCc2cc(-c3cc4c(cc3O)c(CO)cc(=O)n4C3CC3)ccc21. The first kappa shape index (κ1) is 16.5. The van der Waals surface area contributed by atoms with Crippen molar-refractivity contribution in [2.75, 3.05) is 0 Å².